The fourth-order valence-electron chi connectivity index (χ4n) is 2.99. The topological polar surface area (TPSA) is 72.1 Å². The molecule has 1 aliphatic rings. The molecule has 1 aliphatic heterocycles. The molecule has 6 heteroatoms. The van der Waals surface area contributed by atoms with Crippen LogP contribution in [0.15, 0.2) is 47.2 Å². The molecule has 1 aromatic heterocycles. The molecule has 5 nitrogen and oxygen atoms in total. The average Bonchev–Trinajstić information content (AvgIpc) is 2.56. The Balaban J connectivity index is 1.81. The molecule has 1 fully saturated rings. The van der Waals surface area contributed by atoms with Gasteiger partial charge in [-0.25, -0.2) is 9.97 Å². The van der Waals surface area contributed by atoms with Crippen molar-refractivity contribution >= 4 is 27.8 Å². The van der Waals surface area contributed by atoms with Crippen LogP contribution in [0.25, 0.3) is 0 Å². The number of amides is 1. The van der Waals surface area contributed by atoms with E-state index in [4.69, 9.17) is 5.73 Å². The quantitative estimate of drug-likeness (QED) is 0.910. The molecule has 1 saturated heterocycles. The summed E-state index contributed by atoms with van der Waals surface area (Å²) >= 11 is 3.33. The zero-order valence-corrected chi connectivity index (χ0v) is 13.7. The molecule has 2 N–H and O–H groups in total. The van der Waals surface area contributed by atoms with Crippen molar-refractivity contribution in [2.24, 2.45) is 5.73 Å². The van der Waals surface area contributed by atoms with Crippen LogP contribution < -0.4 is 10.6 Å². The molecular weight excluding hydrogens is 344 g/mol. The second-order valence-electron chi connectivity index (χ2n) is 5.50. The second-order valence-corrected chi connectivity index (χ2v) is 6.42. The van der Waals surface area contributed by atoms with Crippen molar-refractivity contribution in [1.29, 1.82) is 0 Å². The van der Waals surface area contributed by atoms with E-state index in [0.29, 0.717) is 31.9 Å². The fourth-order valence-corrected chi connectivity index (χ4v) is 3.20. The highest BCUT2D eigenvalue weighted by atomic mass is 79.9. The van der Waals surface area contributed by atoms with Crippen molar-refractivity contribution in [3.63, 3.8) is 0 Å². The summed E-state index contributed by atoms with van der Waals surface area (Å²) in [5.41, 5.74) is 6.15. The molecule has 0 unspecified atom stereocenters. The lowest BCUT2D eigenvalue weighted by Gasteiger charge is -2.40. The molecular formula is C16H17BrN4O. The Hall–Kier alpha value is -1.95. The van der Waals surface area contributed by atoms with E-state index in [9.17, 15) is 4.79 Å². The third-order valence-corrected chi connectivity index (χ3v) is 4.71. The first-order chi connectivity index (χ1) is 10.6. The third kappa shape index (κ3) is 2.70. The summed E-state index contributed by atoms with van der Waals surface area (Å²) < 4.78 is 0.851. The highest BCUT2D eigenvalue weighted by molar-refractivity contribution is 9.10. The number of carbonyl (C=O) groups is 1. The van der Waals surface area contributed by atoms with E-state index in [0.717, 1.165) is 10.0 Å². The van der Waals surface area contributed by atoms with Crippen LogP contribution in [-0.2, 0) is 10.2 Å². The standard InChI is InChI=1S/C16H17BrN4O/c17-13-10-19-15(20-11-13)21-8-6-16(7-9-21,14(18)22)12-4-2-1-3-5-12/h1-5,10-11H,6-9H2,(H2,18,22). The number of carbonyl (C=O) groups excluding carboxylic acids is 1. The SMILES string of the molecule is NC(=O)C1(c2ccccc2)CCN(c2ncc(Br)cn2)CC1. The molecule has 0 atom stereocenters. The lowest BCUT2D eigenvalue weighted by atomic mass is 9.72. The summed E-state index contributed by atoms with van der Waals surface area (Å²) in [7, 11) is 0. The van der Waals surface area contributed by atoms with Gasteiger partial charge in [0.1, 0.15) is 0 Å². The summed E-state index contributed by atoms with van der Waals surface area (Å²) in [5.74, 6) is 0.435. The number of rotatable bonds is 3. The molecule has 0 bridgehead atoms. The van der Waals surface area contributed by atoms with Gasteiger partial charge in [0, 0.05) is 25.5 Å². The van der Waals surface area contributed by atoms with Gasteiger partial charge < -0.3 is 10.6 Å². The average molecular weight is 361 g/mol. The summed E-state index contributed by atoms with van der Waals surface area (Å²) in [6.07, 6.45) is 4.81. The smallest absolute Gasteiger partial charge is 0.228 e. The molecule has 22 heavy (non-hydrogen) atoms. The van der Waals surface area contributed by atoms with Gasteiger partial charge in [0.05, 0.1) is 9.89 Å². The maximum atomic E-state index is 12.1. The van der Waals surface area contributed by atoms with Crippen molar-refractivity contribution in [3.8, 4) is 0 Å². The van der Waals surface area contributed by atoms with E-state index in [2.05, 4.69) is 30.8 Å². The van der Waals surface area contributed by atoms with Crippen molar-refractivity contribution < 1.29 is 4.79 Å². The van der Waals surface area contributed by atoms with E-state index < -0.39 is 5.41 Å². The zero-order chi connectivity index (χ0) is 15.6. The third-order valence-electron chi connectivity index (χ3n) is 4.30. The Morgan fingerprint density at radius 3 is 2.27 bits per heavy atom. The van der Waals surface area contributed by atoms with E-state index in [-0.39, 0.29) is 5.91 Å². The first kappa shape index (κ1) is 15.0. The molecule has 0 saturated carbocycles. The number of aromatic nitrogens is 2. The number of hydrogen-bond acceptors (Lipinski definition) is 4. The van der Waals surface area contributed by atoms with E-state index >= 15 is 0 Å². The molecule has 2 heterocycles. The number of hydrogen-bond donors (Lipinski definition) is 1. The van der Waals surface area contributed by atoms with Crippen LogP contribution in [0, 0.1) is 0 Å². The van der Waals surface area contributed by atoms with Gasteiger partial charge in [-0.2, -0.15) is 0 Å². The number of primary amides is 1. The molecule has 2 aromatic rings. The van der Waals surface area contributed by atoms with Gasteiger partial charge in [0.15, 0.2) is 0 Å². The summed E-state index contributed by atoms with van der Waals surface area (Å²) in [4.78, 5) is 22.9. The van der Waals surface area contributed by atoms with Gasteiger partial charge in [0.2, 0.25) is 11.9 Å². The zero-order valence-electron chi connectivity index (χ0n) is 12.1. The Morgan fingerprint density at radius 1 is 1.14 bits per heavy atom. The maximum absolute atomic E-state index is 12.1. The van der Waals surface area contributed by atoms with Crippen molar-refractivity contribution in [3.05, 3.63) is 52.8 Å². The second kappa shape index (κ2) is 6.04. The maximum Gasteiger partial charge on any atom is 0.228 e. The van der Waals surface area contributed by atoms with Gasteiger partial charge in [-0.3, -0.25) is 4.79 Å². The largest absolute Gasteiger partial charge is 0.369 e. The van der Waals surface area contributed by atoms with Crippen molar-refractivity contribution in [2.75, 3.05) is 18.0 Å². The fraction of sp³-hybridized carbons (Fsp3) is 0.312. The van der Waals surface area contributed by atoms with Gasteiger partial charge in [-0.15, -0.1) is 0 Å². The minimum Gasteiger partial charge on any atom is -0.369 e. The number of piperidine rings is 1. The molecule has 1 aromatic carbocycles. The van der Waals surface area contributed by atoms with Crippen molar-refractivity contribution in [1.82, 2.24) is 9.97 Å². The molecule has 114 valence electrons. The van der Waals surface area contributed by atoms with Crippen LogP contribution in [0.3, 0.4) is 0 Å². The van der Waals surface area contributed by atoms with E-state index in [1.165, 1.54) is 0 Å². The normalized spacial score (nSPS) is 17.2. The van der Waals surface area contributed by atoms with Crippen LogP contribution in [0.4, 0.5) is 5.95 Å². The summed E-state index contributed by atoms with van der Waals surface area (Å²) in [6.45, 7) is 1.42. The Bertz CT molecular complexity index is 652. The highest BCUT2D eigenvalue weighted by Crippen LogP contribution is 2.36. The number of halogens is 1. The molecule has 0 radical (unpaired) electrons. The Kier molecular flexibility index (Phi) is 4.11. The number of benzene rings is 1. The van der Waals surface area contributed by atoms with Gasteiger partial charge in [0.25, 0.3) is 0 Å². The minimum atomic E-state index is -0.590. The summed E-state index contributed by atoms with van der Waals surface area (Å²) in [5, 5.41) is 0. The van der Waals surface area contributed by atoms with Crippen LogP contribution >= 0.6 is 15.9 Å². The van der Waals surface area contributed by atoms with Crippen LogP contribution in [0.1, 0.15) is 18.4 Å². The molecule has 0 spiro atoms. The van der Waals surface area contributed by atoms with E-state index in [1.807, 2.05) is 30.3 Å². The highest BCUT2D eigenvalue weighted by Gasteiger charge is 2.41. The van der Waals surface area contributed by atoms with Gasteiger partial charge in [-0.05, 0) is 34.3 Å². The first-order valence-corrected chi connectivity index (χ1v) is 7.99. The molecule has 3 rings (SSSR count). The number of anilines is 1. The van der Waals surface area contributed by atoms with Crippen LogP contribution in [-0.4, -0.2) is 29.0 Å². The minimum absolute atomic E-state index is 0.255. The van der Waals surface area contributed by atoms with Gasteiger partial charge >= 0.3 is 0 Å². The Labute approximate surface area is 137 Å². The predicted molar refractivity (Wildman–Crippen MR) is 88.5 cm³/mol. The Morgan fingerprint density at radius 2 is 1.73 bits per heavy atom. The lowest BCUT2D eigenvalue weighted by molar-refractivity contribution is -0.124. The van der Waals surface area contributed by atoms with Crippen molar-refractivity contribution in [2.45, 2.75) is 18.3 Å². The monoisotopic (exact) mass is 360 g/mol. The summed E-state index contributed by atoms with van der Waals surface area (Å²) in [6, 6.07) is 9.81. The lowest BCUT2D eigenvalue weighted by Crippen LogP contribution is -2.50. The first-order valence-electron chi connectivity index (χ1n) is 7.20. The van der Waals surface area contributed by atoms with Crippen LogP contribution in [0.2, 0.25) is 0 Å². The number of nitrogens with two attached hydrogens (primary N) is 1. The van der Waals surface area contributed by atoms with E-state index in [1.54, 1.807) is 12.4 Å². The molecule has 1 amide bonds. The predicted octanol–water partition coefficient (Wildman–Crippen LogP) is 2.26. The number of nitrogens with zero attached hydrogens (tertiary/aromatic N) is 3. The van der Waals surface area contributed by atoms with Gasteiger partial charge in [-0.1, -0.05) is 30.3 Å². The molecule has 0 aliphatic carbocycles. The van der Waals surface area contributed by atoms with Crippen LogP contribution in [0.5, 0.6) is 0 Å².